The average Bonchev–Trinajstić information content (AvgIpc) is 2.32. The monoisotopic (exact) mass is 168 g/mol. The van der Waals surface area contributed by atoms with Crippen LogP contribution in [0.2, 0.25) is 0 Å². The topological polar surface area (TPSA) is 46.3 Å². The van der Waals surface area contributed by atoms with Gasteiger partial charge in [0, 0.05) is 24.9 Å². The first-order chi connectivity index (χ1) is 5.54. The van der Waals surface area contributed by atoms with Crippen molar-refractivity contribution < 1.29 is 4.79 Å². The molecule has 1 rings (SSSR count). The lowest BCUT2D eigenvalue weighted by molar-refractivity contribution is -0.123. The van der Waals surface area contributed by atoms with Crippen LogP contribution in [0.15, 0.2) is 11.3 Å². The number of carbonyl (C=O) groups excluding carboxylic acids is 1. The number of likely N-dealkylation sites (N-methyl/N-ethyl adjacent to an activating group) is 1. The lowest BCUT2D eigenvalue weighted by atomic mass is 10.0. The van der Waals surface area contributed by atoms with Gasteiger partial charge in [0.25, 0.3) is 5.91 Å². The second kappa shape index (κ2) is 3.17. The maximum absolute atomic E-state index is 11.4. The Balaban J connectivity index is 2.90. The van der Waals surface area contributed by atoms with E-state index in [0.717, 1.165) is 24.2 Å². The highest BCUT2D eigenvalue weighted by molar-refractivity contribution is 5.96. The van der Waals surface area contributed by atoms with Crippen molar-refractivity contribution in [2.24, 2.45) is 11.7 Å². The molecule has 1 aliphatic rings. The second-order valence-electron chi connectivity index (χ2n) is 3.57. The Kier molecular flexibility index (Phi) is 2.40. The fourth-order valence-electron chi connectivity index (χ4n) is 1.33. The van der Waals surface area contributed by atoms with Gasteiger partial charge < -0.3 is 10.6 Å². The summed E-state index contributed by atoms with van der Waals surface area (Å²) in [6.45, 7) is 4.82. The molecule has 1 fully saturated rings. The number of amides is 1. The number of likely N-dealkylation sites (tertiary alicyclic amines) is 1. The van der Waals surface area contributed by atoms with Crippen molar-refractivity contribution in [3.05, 3.63) is 11.3 Å². The van der Waals surface area contributed by atoms with E-state index in [1.54, 1.807) is 4.90 Å². The highest BCUT2D eigenvalue weighted by Crippen LogP contribution is 2.20. The van der Waals surface area contributed by atoms with Crippen LogP contribution in [0.5, 0.6) is 0 Å². The molecule has 0 saturated carbocycles. The molecule has 0 aromatic rings. The third-order valence-corrected chi connectivity index (χ3v) is 2.27. The first kappa shape index (κ1) is 9.10. The molecule has 1 heterocycles. The Hall–Kier alpha value is -0.990. The Labute approximate surface area is 73.2 Å². The summed E-state index contributed by atoms with van der Waals surface area (Å²) in [5.41, 5.74) is 7.37. The van der Waals surface area contributed by atoms with Crippen LogP contribution in [-0.2, 0) is 4.79 Å². The van der Waals surface area contributed by atoms with Gasteiger partial charge in [-0.25, -0.2) is 0 Å². The summed E-state index contributed by atoms with van der Waals surface area (Å²) in [5.74, 6) is 0.372. The van der Waals surface area contributed by atoms with E-state index in [2.05, 4.69) is 0 Å². The van der Waals surface area contributed by atoms with Gasteiger partial charge in [0.1, 0.15) is 0 Å². The zero-order valence-electron chi connectivity index (χ0n) is 7.92. The van der Waals surface area contributed by atoms with E-state index in [9.17, 15) is 4.79 Å². The quantitative estimate of drug-likeness (QED) is 0.586. The molecule has 12 heavy (non-hydrogen) atoms. The Morgan fingerprint density at radius 2 is 2.17 bits per heavy atom. The summed E-state index contributed by atoms with van der Waals surface area (Å²) in [6.07, 6.45) is 0.805. The molecular weight excluding hydrogens is 152 g/mol. The molecule has 1 saturated heterocycles. The zero-order chi connectivity index (χ0) is 9.30. The number of nitrogens with two attached hydrogens (primary N) is 1. The molecule has 1 aliphatic heterocycles. The summed E-state index contributed by atoms with van der Waals surface area (Å²) in [7, 11) is 1.81. The second-order valence-corrected chi connectivity index (χ2v) is 3.57. The first-order valence-electron chi connectivity index (χ1n) is 4.28. The van der Waals surface area contributed by atoms with Gasteiger partial charge in [-0.05, 0) is 12.3 Å². The van der Waals surface area contributed by atoms with Crippen molar-refractivity contribution in [1.29, 1.82) is 0 Å². The first-order valence-corrected chi connectivity index (χ1v) is 4.28. The average molecular weight is 168 g/mol. The smallest absolute Gasteiger partial charge is 0.251 e. The van der Waals surface area contributed by atoms with Crippen LogP contribution in [-0.4, -0.2) is 24.4 Å². The summed E-state index contributed by atoms with van der Waals surface area (Å²) < 4.78 is 0. The minimum Gasteiger partial charge on any atom is -0.401 e. The maximum Gasteiger partial charge on any atom is 0.251 e. The summed E-state index contributed by atoms with van der Waals surface area (Å²) in [4.78, 5) is 13.2. The predicted octanol–water partition coefficient (Wildman–Crippen LogP) is 0.717. The number of hydrogen-bond acceptors (Lipinski definition) is 2. The summed E-state index contributed by atoms with van der Waals surface area (Å²) in [6, 6.07) is 0. The lowest BCUT2D eigenvalue weighted by Crippen LogP contribution is -2.21. The van der Waals surface area contributed by atoms with Crippen molar-refractivity contribution in [2.45, 2.75) is 20.3 Å². The third-order valence-electron chi connectivity index (χ3n) is 2.27. The molecule has 68 valence electrons. The van der Waals surface area contributed by atoms with Gasteiger partial charge in [-0.2, -0.15) is 0 Å². The molecule has 0 aromatic carbocycles. The van der Waals surface area contributed by atoms with E-state index in [4.69, 9.17) is 5.73 Å². The molecule has 0 bridgehead atoms. The Morgan fingerprint density at radius 3 is 2.50 bits per heavy atom. The van der Waals surface area contributed by atoms with E-state index in [0.29, 0.717) is 0 Å². The molecule has 3 nitrogen and oxygen atoms in total. The van der Waals surface area contributed by atoms with Crippen molar-refractivity contribution in [3.63, 3.8) is 0 Å². The third kappa shape index (κ3) is 1.44. The van der Waals surface area contributed by atoms with Gasteiger partial charge in [-0.3, -0.25) is 4.79 Å². The molecule has 0 atom stereocenters. The molecule has 2 N–H and O–H groups in total. The Bertz CT molecular complexity index is 231. The highest BCUT2D eigenvalue weighted by Gasteiger charge is 2.25. The van der Waals surface area contributed by atoms with E-state index in [1.165, 1.54) is 0 Å². The SMILES string of the molecule is CC(C)/C(N)=C1/CCN(C)C1=O. The van der Waals surface area contributed by atoms with Gasteiger partial charge in [0.2, 0.25) is 0 Å². The molecule has 3 heteroatoms. The predicted molar refractivity (Wildman–Crippen MR) is 48.3 cm³/mol. The van der Waals surface area contributed by atoms with Crippen molar-refractivity contribution in [3.8, 4) is 0 Å². The van der Waals surface area contributed by atoms with Crippen molar-refractivity contribution >= 4 is 5.91 Å². The minimum atomic E-state index is 0.0983. The van der Waals surface area contributed by atoms with Gasteiger partial charge in [-0.1, -0.05) is 13.8 Å². The molecule has 1 amide bonds. The van der Waals surface area contributed by atoms with E-state index < -0.39 is 0 Å². The van der Waals surface area contributed by atoms with Crippen LogP contribution >= 0.6 is 0 Å². The van der Waals surface area contributed by atoms with Crippen LogP contribution in [0.3, 0.4) is 0 Å². The van der Waals surface area contributed by atoms with Crippen LogP contribution in [0, 0.1) is 5.92 Å². The molecule has 0 aliphatic carbocycles. The van der Waals surface area contributed by atoms with E-state index in [-0.39, 0.29) is 11.8 Å². The molecular formula is C9H16N2O. The molecule has 0 radical (unpaired) electrons. The van der Waals surface area contributed by atoms with E-state index in [1.807, 2.05) is 20.9 Å². The van der Waals surface area contributed by atoms with Gasteiger partial charge in [-0.15, -0.1) is 0 Å². The number of rotatable bonds is 1. The van der Waals surface area contributed by atoms with Gasteiger partial charge in [0.05, 0.1) is 0 Å². The summed E-state index contributed by atoms with van der Waals surface area (Å²) in [5, 5.41) is 0. The van der Waals surface area contributed by atoms with Gasteiger partial charge >= 0.3 is 0 Å². The van der Waals surface area contributed by atoms with Crippen LogP contribution in [0.4, 0.5) is 0 Å². The van der Waals surface area contributed by atoms with Crippen LogP contribution < -0.4 is 5.73 Å². The van der Waals surface area contributed by atoms with Crippen LogP contribution in [0.1, 0.15) is 20.3 Å². The fraction of sp³-hybridized carbons (Fsp3) is 0.667. The van der Waals surface area contributed by atoms with Crippen LogP contribution in [0.25, 0.3) is 0 Å². The summed E-state index contributed by atoms with van der Waals surface area (Å²) >= 11 is 0. The fourth-order valence-corrected chi connectivity index (χ4v) is 1.33. The number of nitrogens with zero attached hydrogens (tertiary/aromatic N) is 1. The van der Waals surface area contributed by atoms with E-state index >= 15 is 0 Å². The van der Waals surface area contributed by atoms with Crippen molar-refractivity contribution in [1.82, 2.24) is 4.90 Å². The number of allylic oxidation sites excluding steroid dienone is 1. The van der Waals surface area contributed by atoms with Crippen molar-refractivity contribution in [2.75, 3.05) is 13.6 Å². The standard InChI is InChI=1S/C9H16N2O/c1-6(2)8(10)7-4-5-11(3)9(7)12/h6H,4-5,10H2,1-3H3/b8-7+. The highest BCUT2D eigenvalue weighted by atomic mass is 16.2. The Morgan fingerprint density at radius 1 is 1.58 bits per heavy atom. The molecule has 0 spiro atoms. The number of carbonyl (C=O) groups is 1. The molecule has 0 unspecified atom stereocenters. The molecule has 0 aromatic heterocycles. The minimum absolute atomic E-state index is 0.0983. The number of hydrogen-bond donors (Lipinski definition) is 1. The zero-order valence-corrected chi connectivity index (χ0v) is 7.92. The van der Waals surface area contributed by atoms with Gasteiger partial charge in [0.15, 0.2) is 0 Å². The largest absolute Gasteiger partial charge is 0.401 e. The lowest BCUT2D eigenvalue weighted by Gasteiger charge is -2.09. The normalized spacial score (nSPS) is 22.3. The maximum atomic E-state index is 11.4.